The summed E-state index contributed by atoms with van der Waals surface area (Å²) in [6.07, 6.45) is 7.84. The minimum absolute atomic E-state index is 0. The summed E-state index contributed by atoms with van der Waals surface area (Å²) in [6, 6.07) is 1.76. The average Bonchev–Trinajstić information content (AvgIpc) is 2.76. The fourth-order valence-corrected chi connectivity index (χ4v) is 3.15. The van der Waals surface area contributed by atoms with Crippen molar-refractivity contribution < 1.29 is 4.79 Å². The standard InChI is InChI=1S/C14H22ClN3O.ClH/c1-18-9-11(15)7-13(18)14(19)17-12(8-16)10-5-3-2-4-6-10;/h7,9-10,12H,2-6,8,16H2,1H3,(H,17,19);1H. The Morgan fingerprint density at radius 3 is 2.65 bits per heavy atom. The molecule has 0 saturated heterocycles. The van der Waals surface area contributed by atoms with E-state index in [1.54, 1.807) is 16.8 Å². The molecule has 3 N–H and O–H groups in total. The minimum atomic E-state index is -0.0876. The summed E-state index contributed by atoms with van der Waals surface area (Å²) in [4.78, 5) is 12.2. The Labute approximate surface area is 131 Å². The number of amides is 1. The summed E-state index contributed by atoms with van der Waals surface area (Å²) >= 11 is 5.90. The molecule has 2 rings (SSSR count). The van der Waals surface area contributed by atoms with Crippen LogP contribution in [0.1, 0.15) is 42.6 Å². The highest BCUT2D eigenvalue weighted by atomic mass is 35.5. The van der Waals surface area contributed by atoms with Gasteiger partial charge in [0.2, 0.25) is 0 Å². The second-order valence-corrected chi connectivity index (χ2v) is 5.80. The van der Waals surface area contributed by atoms with Crippen molar-refractivity contribution in [3.05, 3.63) is 23.0 Å². The van der Waals surface area contributed by atoms with Crippen LogP contribution in [0.5, 0.6) is 0 Å². The van der Waals surface area contributed by atoms with Gasteiger partial charge in [0, 0.05) is 25.8 Å². The van der Waals surface area contributed by atoms with E-state index < -0.39 is 0 Å². The maximum absolute atomic E-state index is 12.2. The van der Waals surface area contributed by atoms with Crippen LogP contribution in [0.4, 0.5) is 0 Å². The Bertz CT molecular complexity index is 442. The first-order valence-corrected chi connectivity index (χ1v) is 7.32. The Morgan fingerprint density at radius 2 is 2.15 bits per heavy atom. The van der Waals surface area contributed by atoms with Gasteiger partial charge < -0.3 is 15.6 Å². The number of aromatic nitrogens is 1. The number of hydrogen-bond acceptors (Lipinski definition) is 2. The molecule has 1 amide bonds. The number of halogens is 2. The zero-order valence-electron chi connectivity index (χ0n) is 11.8. The molecule has 20 heavy (non-hydrogen) atoms. The van der Waals surface area contributed by atoms with E-state index in [4.69, 9.17) is 17.3 Å². The van der Waals surface area contributed by atoms with Crippen LogP contribution >= 0.6 is 24.0 Å². The molecule has 1 heterocycles. The molecule has 0 radical (unpaired) electrons. The maximum atomic E-state index is 12.2. The highest BCUT2D eigenvalue weighted by molar-refractivity contribution is 6.31. The van der Waals surface area contributed by atoms with Crippen molar-refractivity contribution in [3.63, 3.8) is 0 Å². The molecule has 1 aromatic heterocycles. The summed E-state index contributed by atoms with van der Waals surface area (Å²) in [6.45, 7) is 0.495. The predicted octanol–water partition coefficient (Wildman–Crippen LogP) is 2.74. The first kappa shape index (κ1) is 17.3. The quantitative estimate of drug-likeness (QED) is 0.896. The lowest BCUT2D eigenvalue weighted by Gasteiger charge is -2.30. The maximum Gasteiger partial charge on any atom is 0.268 e. The molecule has 0 bridgehead atoms. The largest absolute Gasteiger partial charge is 0.346 e. The van der Waals surface area contributed by atoms with E-state index in [1.807, 2.05) is 7.05 Å². The van der Waals surface area contributed by atoms with Crippen LogP contribution < -0.4 is 11.1 Å². The number of hydrogen-bond donors (Lipinski definition) is 2. The lowest BCUT2D eigenvalue weighted by molar-refractivity contribution is 0.0907. The Balaban J connectivity index is 0.00000200. The molecule has 114 valence electrons. The van der Waals surface area contributed by atoms with Gasteiger partial charge in [-0.15, -0.1) is 12.4 Å². The van der Waals surface area contributed by atoms with E-state index in [-0.39, 0.29) is 24.4 Å². The van der Waals surface area contributed by atoms with Gasteiger partial charge in [0.05, 0.1) is 5.02 Å². The molecule has 0 aliphatic heterocycles. The van der Waals surface area contributed by atoms with Crippen LogP contribution in [0.25, 0.3) is 0 Å². The van der Waals surface area contributed by atoms with Crippen LogP contribution in [0.15, 0.2) is 12.3 Å². The molecule has 6 heteroatoms. The van der Waals surface area contributed by atoms with Crippen LogP contribution in [-0.2, 0) is 7.05 Å². The van der Waals surface area contributed by atoms with Gasteiger partial charge in [-0.05, 0) is 24.8 Å². The fraction of sp³-hybridized carbons (Fsp3) is 0.643. The van der Waals surface area contributed by atoms with E-state index in [9.17, 15) is 4.79 Å². The monoisotopic (exact) mass is 319 g/mol. The molecule has 1 aromatic rings. The highest BCUT2D eigenvalue weighted by Crippen LogP contribution is 2.26. The fourth-order valence-electron chi connectivity index (χ4n) is 2.90. The van der Waals surface area contributed by atoms with Gasteiger partial charge in [-0.1, -0.05) is 30.9 Å². The van der Waals surface area contributed by atoms with Gasteiger partial charge in [0.25, 0.3) is 5.91 Å². The third-order valence-corrected chi connectivity index (χ3v) is 4.20. The van der Waals surface area contributed by atoms with E-state index in [0.29, 0.717) is 23.2 Å². The number of nitrogens with two attached hydrogens (primary N) is 1. The predicted molar refractivity (Wildman–Crippen MR) is 84.6 cm³/mol. The molecule has 1 aliphatic carbocycles. The molecular formula is C14H23Cl2N3O. The first-order valence-electron chi connectivity index (χ1n) is 6.94. The molecule has 1 fully saturated rings. The minimum Gasteiger partial charge on any atom is -0.346 e. The molecule has 1 saturated carbocycles. The van der Waals surface area contributed by atoms with Crippen molar-refractivity contribution in [1.29, 1.82) is 0 Å². The van der Waals surface area contributed by atoms with E-state index >= 15 is 0 Å². The lowest BCUT2D eigenvalue weighted by Crippen LogP contribution is -2.46. The molecule has 4 nitrogen and oxygen atoms in total. The van der Waals surface area contributed by atoms with Crippen LogP contribution in [-0.4, -0.2) is 23.1 Å². The Morgan fingerprint density at radius 1 is 1.50 bits per heavy atom. The molecule has 1 unspecified atom stereocenters. The Kier molecular flexibility index (Phi) is 6.86. The topological polar surface area (TPSA) is 60.0 Å². The zero-order chi connectivity index (χ0) is 13.8. The van der Waals surface area contributed by atoms with Crippen LogP contribution in [0.3, 0.4) is 0 Å². The van der Waals surface area contributed by atoms with Crippen LogP contribution in [0.2, 0.25) is 5.02 Å². The number of nitrogens with one attached hydrogen (secondary N) is 1. The second-order valence-electron chi connectivity index (χ2n) is 5.37. The smallest absolute Gasteiger partial charge is 0.268 e. The zero-order valence-corrected chi connectivity index (χ0v) is 13.3. The molecular weight excluding hydrogens is 297 g/mol. The van der Waals surface area contributed by atoms with Crippen LogP contribution in [0, 0.1) is 5.92 Å². The molecule has 1 atom stereocenters. The van der Waals surface area contributed by atoms with Crippen molar-refractivity contribution in [2.75, 3.05) is 6.54 Å². The molecule has 0 aromatic carbocycles. The summed E-state index contributed by atoms with van der Waals surface area (Å²) in [5.74, 6) is 0.425. The van der Waals surface area contributed by atoms with E-state index in [1.165, 1.54) is 19.3 Å². The Hall–Kier alpha value is -0.710. The van der Waals surface area contributed by atoms with Crippen molar-refractivity contribution in [2.45, 2.75) is 38.1 Å². The normalized spacial score (nSPS) is 17.4. The summed E-state index contributed by atoms with van der Waals surface area (Å²) in [5, 5.41) is 3.64. The number of rotatable bonds is 4. The lowest BCUT2D eigenvalue weighted by atomic mass is 9.84. The van der Waals surface area contributed by atoms with Gasteiger partial charge in [-0.25, -0.2) is 0 Å². The van der Waals surface area contributed by atoms with Gasteiger partial charge in [-0.3, -0.25) is 4.79 Å². The summed E-state index contributed by atoms with van der Waals surface area (Å²) in [7, 11) is 1.82. The van der Waals surface area contributed by atoms with Crippen molar-refractivity contribution in [1.82, 2.24) is 9.88 Å². The van der Waals surface area contributed by atoms with Crippen molar-refractivity contribution in [2.24, 2.45) is 18.7 Å². The highest BCUT2D eigenvalue weighted by Gasteiger charge is 2.25. The van der Waals surface area contributed by atoms with E-state index in [2.05, 4.69) is 5.32 Å². The number of carbonyl (C=O) groups is 1. The third kappa shape index (κ3) is 4.14. The number of nitrogens with zero attached hydrogens (tertiary/aromatic N) is 1. The SMILES string of the molecule is Cl.Cn1cc(Cl)cc1C(=O)NC(CN)C1CCCCC1. The van der Waals surface area contributed by atoms with Gasteiger partial charge >= 0.3 is 0 Å². The third-order valence-electron chi connectivity index (χ3n) is 3.99. The molecule has 1 aliphatic rings. The summed E-state index contributed by atoms with van der Waals surface area (Å²) < 4.78 is 1.74. The number of carbonyl (C=O) groups excluding carboxylic acids is 1. The number of aryl methyl sites for hydroxylation is 1. The van der Waals surface area contributed by atoms with E-state index in [0.717, 1.165) is 12.8 Å². The van der Waals surface area contributed by atoms with Crippen molar-refractivity contribution in [3.8, 4) is 0 Å². The van der Waals surface area contributed by atoms with Gasteiger partial charge in [0.1, 0.15) is 5.69 Å². The molecule has 0 spiro atoms. The van der Waals surface area contributed by atoms with Crippen molar-refractivity contribution >= 4 is 29.9 Å². The van der Waals surface area contributed by atoms with Gasteiger partial charge in [-0.2, -0.15) is 0 Å². The van der Waals surface area contributed by atoms with Gasteiger partial charge in [0.15, 0.2) is 0 Å². The summed E-state index contributed by atoms with van der Waals surface area (Å²) in [5.41, 5.74) is 6.41. The first-order chi connectivity index (χ1) is 9.11. The second kappa shape index (κ2) is 7.91. The average molecular weight is 320 g/mol.